The highest BCUT2D eigenvalue weighted by atomic mass is 16.5. The molecule has 2 saturated carbocycles. The Morgan fingerprint density at radius 1 is 0.857 bits per heavy atom. The van der Waals surface area contributed by atoms with Gasteiger partial charge in [0.25, 0.3) is 0 Å². The van der Waals surface area contributed by atoms with Crippen LogP contribution in [0.5, 0.6) is 0 Å². The van der Waals surface area contributed by atoms with E-state index in [1.54, 1.807) is 11.1 Å². The van der Waals surface area contributed by atoms with E-state index >= 15 is 0 Å². The molecule has 1 heteroatoms. The van der Waals surface area contributed by atoms with Crippen molar-refractivity contribution in [2.75, 3.05) is 6.61 Å². The number of allylic oxidation sites excluding steroid dienone is 1. The molecule has 5 atom stereocenters. The van der Waals surface area contributed by atoms with Crippen LogP contribution in [0.25, 0.3) is 0 Å². The van der Waals surface area contributed by atoms with E-state index in [2.05, 4.69) is 31.4 Å². The number of hydrogen-bond donors (Lipinski definition) is 0. The van der Waals surface area contributed by atoms with E-state index in [1.165, 1.54) is 63.4 Å². The van der Waals surface area contributed by atoms with Crippen LogP contribution in [0.4, 0.5) is 0 Å². The van der Waals surface area contributed by atoms with Crippen LogP contribution < -0.4 is 0 Å². The summed E-state index contributed by atoms with van der Waals surface area (Å²) >= 11 is 0. The minimum Gasteiger partial charge on any atom is -0.374 e. The van der Waals surface area contributed by atoms with Crippen LogP contribution in [-0.4, -0.2) is 12.7 Å². The SMILES string of the molecule is C=CCCc1ccc2c(c1)CCC(C1CCC3C[C@H](OCC=C)CC[C@@H]3C1)C2. The van der Waals surface area contributed by atoms with Crippen LogP contribution in [0.2, 0.25) is 0 Å². The summed E-state index contributed by atoms with van der Waals surface area (Å²) in [7, 11) is 0. The van der Waals surface area contributed by atoms with Crippen LogP contribution >= 0.6 is 0 Å². The summed E-state index contributed by atoms with van der Waals surface area (Å²) in [6, 6.07) is 7.29. The number of aryl methyl sites for hydroxylation is 2. The molecule has 0 saturated heterocycles. The van der Waals surface area contributed by atoms with E-state index in [9.17, 15) is 0 Å². The quantitative estimate of drug-likeness (QED) is 0.480. The van der Waals surface area contributed by atoms with Gasteiger partial charge < -0.3 is 4.74 Å². The standard InChI is InChI=1S/C27H38O/c1-3-5-6-20-7-8-22-17-23(10-9-21(22)16-20)24-11-12-26-19-27(28-15-4-2)14-13-25(26)18-24/h3-4,7-8,16,23-27H,1-2,5-6,9-15,17-19H2/t23?,24?,25-,26?,27-/m1/s1. The van der Waals surface area contributed by atoms with Crippen molar-refractivity contribution in [1.29, 1.82) is 0 Å². The third-order valence-corrected chi connectivity index (χ3v) is 7.90. The lowest BCUT2D eigenvalue weighted by Gasteiger charge is -2.44. The second-order valence-corrected chi connectivity index (χ2v) is 9.58. The Hall–Kier alpha value is -1.34. The Bertz CT molecular complexity index is 675. The van der Waals surface area contributed by atoms with Crippen molar-refractivity contribution in [3.63, 3.8) is 0 Å². The third kappa shape index (κ3) is 4.62. The number of ether oxygens (including phenoxy) is 1. The van der Waals surface area contributed by atoms with E-state index in [1.807, 2.05) is 12.2 Å². The molecule has 0 radical (unpaired) electrons. The zero-order chi connectivity index (χ0) is 19.3. The number of fused-ring (bicyclic) bond motifs is 2. The van der Waals surface area contributed by atoms with Crippen molar-refractivity contribution in [2.24, 2.45) is 23.7 Å². The Morgan fingerprint density at radius 3 is 2.46 bits per heavy atom. The zero-order valence-electron chi connectivity index (χ0n) is 17.6. The minimum atomic E-state index is 0.493. The first kappa shape index (κ1) is 20.0. The Balaban J connectivity index is 1.32. The van der Waals surface area contributed by atoms with Gasteiger partial charge in [0.05, 0.1) is 12.7 Å². The monoisotopic (exact) mass is 378 g/mol. The van der Waals surface area contributed by atoms with Gasteiger partial charge in [-0.3, -0.25) is 0 Å². The van der Waals surface area contributed by atoms with Crippen molar-refractivity contribution in [3.05, 3.63) is 60.2 Å². The summed E-state index contributed by atoms with van der Waals surface area (Å²) in [6.45, 7) is 8.38. The lowest BCUT2D eigenvalue weighted by atomic mass is 9.62. The van der Waals surface area contributed by atoms with E-state index in [0.717, 1.165) is 43.1 Å². The lowest BCUT2D eigenvalue weighted by Crippen LogP contribution is -2.37. The van der Waals surface area contributed by atoms with Gasteiger partial charge in [-0.25, -0.2) is 0 Å². The van der Waals surface area contributed by atoms with Crippen LogP contribution in [0.15, 0.2) is 43.5 Å². The molecule has 3 aliphatic carbocycles. The van der Waals surface area contributed by atoms with Crippen molar-refractivity contribution >= 4 is 0 Å². The van der Waals surface area contributed by atoms with Gasteiger partial charge in [-0.1, -0.05) is 30.4 Å². The molecule has 0 N–H and O–H groups in total. The maximum atomic E-state index is 5.97. The molecule has 3 unspecified atom stereocenters. The van der Waals surface area contributed by atoms with Crippen LogP contribution in [-0.2, 0) is 24.0 Å². The largest absolute Gasteiger partial charge is 0.374 e. The van der Waals surface area contributed by atoms with E-state index in [0.29, 0.717) is 6.10 Å². The van der Waals surface area contributed by atoms with Crippen molar-refractivity contribution < 1.29 is 4.74 Å². The Kier molecular flexibility index (Phi) is 6.73. The van der Waals surface area contributed by atoms with Gasteiger partial charge in [-0.05, 0) is 111 Å². The molecular weight excluding hydrogens is 340 g/mol. The highest BCUT2D eigenvalue weighted by Gasteiger charge is 2.38. The first-order chi connectivity index (χ1) is 13.8. The molecule has 0 aliphatic heterocycles. The Morgan fingerprint density at radius 2 is 1.64 bits per heavy atom. The molecule has 0 bridgehead atoms. The predicted octanol–water partition coefficient (Wildman–Crippen LogP) is 6.70. The highest BCUT2D eigenvalue weighted by molar-refractivity contribution is 5.34. The smallest absolute Gasteiger partial charge is 0.0648 e. The first-order valence-corrected chi connectivity index (χ1v) is 11.7. The molecule has 152 valence electrons. The summed E-state index contributed by atoms with van der Waals surface area (Å²) in [5, 5.41) is 0. The minimum absolute atomic E-state index is 0.493. The van der Waals surface area contributed by atoms with E-state index < -0.39 is 0 Å². The van der Waals surface area contributed by atoms with Gasteiger partial charge in [-0.2, -0.15) is 0 Å². The lowest BCUT2D eigenvalue weighted by molar-refractivity contribution is -0.0137. The molecule has 1 aromatic rings. The summed E-state index contributed by atoms with van der Waals surface area (Å²) in [4.78, 5) is 0. The molecular formula is C27H38O. The molecule has 0 amide bonds. The normalized spacial score (nSPS) is 32.2. The first-order valence-electron chi connectivity index (χ1n) is 11.7. The van der Waals surface area contributed by atoms with Gasteiger partial charge >= 0.3 is 0 Å². The molecule has 0 spiro atoms. The van der Waals surface area contributed by atoms with Crippen molar-refractivity contribution in [3.8, 4) is 0 Å². The molecule has 28 heavy (non-hydrogen) atoms. The van der Waals surface area contributed by atoms with Gasteiger partial charge in [0, 0.05) is 0 Å². The summed E-state index contributed by atoms with van der Waals surface area (Å²) in [5.41, 5.74) is 4.77. The summed E-state index contributed by atoms with van der Waals surface area (Å²) in [5.74, 6) is 3.76. The molecule has 4 rings (SSSR count). The second-order valence-electron chi connectivity index (χ2n) is 9.58. The molecule has 1 aromatic carbocycles. The second kappa shape index (κ2) is 9.44. The molecule has 0 heterocycles. The van der Waals surface area contributed by atoms with E-state index in [-0.39, 0.29) is 0 Å². The maximum absolute atomic E-state index is 5.97. The van der Waals surface area contributed by atoms with Crippen molar-refractivity contribution in [1.82, 2.24) is 0 Å². The predicted molar refractivity (Wildman–Crippen MR) is 119 cm³/mol. The molecule has 0 aromatic heterocycles. The van der Waals surface area contributed by atoms with Crippen molar-refractivity contribution in [2.45, 2.75) is 76.7 Å². The molecule has 3 aliphatic rings. The number of rotatable bonds is 7. The fraction of sp³-hybridized carbons (Fsp3) is 0.630. The van der Waals surface area contributed by atoms with Gasteiger partial charge in [0.1, 0.15) is 0 Å². The topological polar surface area (TPSA) is 9.23 Å². The van der Waals surface area contributed by atoms with Crippen LogP contribution in [0.1, 0.15) is 68.1 Å². The number of benzene rings is 1. The zero-order valence-corrected chi connectivity index (χ0v) is 17.6. The average molecular weight is 379 g/mol. The van der Waals surface area contributed by atoms with Crippen LogP contribution in [0, 0.1) is 23.7 Å². The number of hydrogen-bond acceptors (Lipinski definition) is 1. The van der Waals surface area contributed by atoms with Gasteiger partial charge in [0.2, 0.25) is 0 Å². The van der Waals surface area contributed by atoms with Gasteiger partial charge in [-0.15, -0.1) is 13.2 Å². The maximum Gasteiger partial charge on any atom is 0.0648 e. The Labute approximate surface area is 172 Å². The fourth-order valence-electron chi connectivity index (χ4n) is 6.33. The fourth-order valence-corrected chi connectivity index (χ4v) is 6.33. The van der Waals surface area contributed by atoms with Gasteiger partial charge in [0.15, 0.2) is 0 Å². The third-order valence-electron chi connectivity index (χ3n) is 7.90. The molecule has 1 nitrogen and oxygen atoms in total. The summed E-state index contributed by atoms with van der Waals surface area (Å²) < 4.78 is 5.97. The molecule has 2 fully saturated rings. The summed E-state index contributed by atoms with van der Waals surface area (Å²) in [6.07, 6.45) is 19.0. The highest BCUT2D eigenvalue weighted by Crippen LogP contribution is 2.47. The van der Waals surface area contributed by atoms with Crippen LogP contribution in [0.3, 0.4) is 0 Å². The van der Waals surface area contributed by atoms with E-state index in [4.69, 9.17) is 4.74 Å². The average Bonchev–Trinajstić information content (AvgIpc) is 2.75.